The normalized spacial score (nSPS) is 13.1. The van der Waals surface area contributed by atoms with Gasteiger partial charge in [0.2, 0.25) is 15.8 Å². The fraction of sp³-hybridized carbons (Fsp3) is 0.250. The van der Waals surface area contributed by atoms with E-state index in [1.165, 1.54) is 44.2 Å². The molecule has 160 valence electrons. The van der Waals surface area contributed by atoms with E-state index in [4.69, 9.17) is 16.3 Å². The van der Waals surface area contributed by atoms with Crippen molar-refractivity contribution in [3.05, 3.63) is 64.7 Å². The number of ether oxygens (including phenoxy) is 1. The molecular formula is C20H21ClN2O6S. The second-order valence-electron chi connectivity index (χ2n) is 6.57. The van der Waals surface area contributed by atoms with Gasteiger partial charge in [-0.3, -0.25) is 14.3 Å². The Kier molecular flexibility index (Phi) is 7.58. The first-order chi connectivity index (χ1) is 14.0. The molecule has 0 aliphatic rings. The summed E-state index contributed by atoms with van der Waals surface area (Å²) in [4.78, 5) is 37.0. The first-order valence-electron chi connectivity index (χ1n) is 8.86. The Balaban J connectivity index is 1.96. The van der Waals surface area contributed by atoms with Crippen LogP contribution in [0.3, 0.4) is 0 Å². The Hall–Kier alpha value is -2.91. The maximum atomic E-state index is 12.5. The molecule has 0 aromatic heterocycles. The Labute approximate surface area is 179 Å². The van der Waals surface area contributed by atoms with Gasteiger partial charge >= 0.3 is 5.97 Å². The molecule has 10 heteroatoms. The molecular weight excluding hydrogens is 432 g/mol. The van der Waals surface area contributed by atoms with Gasteiger partial charge in [0.1, 0.15) is 6.04 Å². The molecule has 2 N–H and O–H groups in total. The van der Waals surface area contributed by atoms with E-state index in [2.05, 4.69) is 10.0 Å². The van der Waals surface area contributed by atoms with E-state index in [1.807, 2.05) is 0 Å². The summed E-state index contributed by atoms with van der Waals surface area (Å²) in [6.45, 7) is 2.84. The number of esters is 1. The number of hydrogen-bond donors (Lipinski definition) is 2. The molecule has 0 saturated carbocycles. The lowest BCUT2D eigenvalue weighted by atomic mass is 10.1. The number of carbonyl (C=O) groups excluding carboxylic acids is 3. The highest BCUT2D eigenvalue weighted by atomic mass is 35.5. The first-order valence-corrected chi connectivity index (χ1v) is 11.1. The summed E-state index contributed by atoms with van der Waals surface area (Å²) >= 11 is 5.96. The van der Waals surface area contributed by atoms with Gasteiger partial charge in [-0.25, -0.2) is 13.2 Å². The second kappa shape index (κ2) is 9.73. The highest BCUT2D eigenvalue weighted by Gasteiger charge is 2.24. The van der Waals surface area contributed by atoms with Crippen molar-refractivity contribution in [2.24, 2.45) is 0 Å². The van der Waals surface area contributed by atoms with Crippen LogP contribution < -0.4 is 10.0 Å². The minimum absolute atomic E-state index is 0.214. The van der Waals surface area contributed by atoms with Crippen LogP contribution in [0.1, 0.15) is 34.6 Å². The summed E-state index contributed by atoms with van der Waals surface area (Å²) in [5.74, 6) is -1.80. The summed E-state index contributed by atoms with van der Waals surface area (Å²) in [5, 5.41) is 2.72. The van der Waals surface area contributed by atoms with Crippen LogP contribution in [0.2, 0.25) is 5.02 Å². The van der Waals surface area contributed by atoms with Gasteiger partial charge in [0.05, 0.1) is 16.8 Å². The third-order valence-electron chi connectivity index (χ3n) is 3.95. The van der Waals surface area contributed by atoms with Crippen LogP contribution in [-0.4, -0.2) is 44.5 Å². The number of halogens is 1. The average Bonchev–Trinajstić information content (AvgIpc) is 2.66. The molecule has 8 nitrogen and oxygen atoms in total. The number of ketones is 1. The van der Waals surface area contributed by atoms with Crippen molar-refractivity contribution in [3.8, 4) is 0 Å². The number of anilines is 1. The SMILES string of the molecule is CC(OC(=O)[C@H](C)NC(=O)c1ccccc1Cl)C(=O)c1ccc(NS(C)(=O)=O)cc1. The van der Waals surface area contributed by atoms with Gasteiger partial charge in [-0.05, 0) is 50.2 Å². The Bertz CT molecular complexity index is 1050. The topological polar surface area (TPSA) is 119 Å². The third-order valence-corrected chi connectivity index (χ3v) is 4.89. The van der Waals surface area contributed by atoms with E-state index < -0.39 is 39.8 Å². The van der Waals surface area contributed by atoms with Gasteiger partial charge in [0, 0.05) is 11.3 Å². The second-order valence-corrected chi connectivity index (χ2v) is 8.73. The predicted octanol–water partition coefficient (Wildman–Crippen LogP) is 2.64. The van der Waals surface area contributed by atoms with Crippen molar-refractivity contribution in [1.82, 2.24) is 5.32 Å². The lowest BCUT2D eigenvalue weighted by Crippen LogP contribution is -2.41. The number of hydrogen-bond acceptors (Lipinski definition) is 6. The Morgan fingerprint density at radius 3 is 2.17 bits per heavy atom. The van der Waals surface area contributed by atoms with Crippen LogP contribution in [0.15, 0.2) is 48.5 Å². The van der Waals surface area contributed by atoms with E-state index in [0.717, 1.165) is 6.26 Å². The summed E-state index contributed by atoms with van der Waals surface area (Å²) in [6.07, 6.45) is -0.0925. The minimum Gasteiger partial charge on any atom is -0.453 e. The van der Waals surface area contributed by atoms with E-state index in [9.17, 15) is 22.8 Å². The molecule has 0 fully saturated rings. The Morgan fingerprint density at radius 1 is 1.00 bits per heavy atom. The molecule has 2 aromatic rings. The molecule has 0 saturated heterocycles. The average molecular weight is 453 g/mol. The molecule has 2 rings (SSSR count). The predicted molar refractivity (Wildman–Crippen MR) is 113 cm³/mol. The molecule has 1 amide bonds. The first kappa shape index (κ1) is 23.4. The van der Waals surface area contributed by atoms with Crippen molar-refractivity contribution in [2.75, 3.05) is 11.0 Å². The quantitative estimate of drug-likeness (QED) is 0.469. The number of sulfonamides is 1. The van der Waals surface area contributed by atoms with Crippen LogP contribution in [0.25, 0.3) is 0 Å². The number of benzene rings is 2. The molecule has 0 radical (unpaired) electrons. The fourth-order valence-electron chi connectivity index (χ4n) is 2.46. The molecule has 2 aromatic carbocycles. The van der Waals surface area contributed by atoms with Gasteiger partial charge in [0.25, 0.3) is 5.91 Å². The number of Topliss-reactive ketones (excluding diaryl/α,β-unsaturated/α-hetero) is 1. The highest BCUT2D eigenvalue weighted by molar-refractivity contribution is 7.92. The van der Waals surface area contributed by atoms with Crippen molar-refractivity contribution in [2.45, 2.75) is 26.0 Å². The zero-order valence-electron chi connectivity index (χ0n) is 16.5. The largest absolute Gasteiger partial charge is 0.453 e. The standard InChI is InChI=1S/C20H21ClN2O6S/c1-12(22-19(25)16-6-4-5-7-17(16)21)20(26)29-13(2)18(24)14-8-10-15(11-9-14)23-30(3,27)28/h4-13,23H,1-3H3,(H,22,25)/t12-,13?/m0/s1. The van der Waals surface area contributed by atoms with Gasteiger partial charge in [-0.15, -0.1) is 0 Å². The molecule has 30 heavy (non-hydrogen) atoms. The van der Waals surface area contributed by atoms with E-state index in [0.29, 0.717) is 5.69 Å². The summed E-state index contributed by atoms with van der Waals surface area (Å²) in [7, 11) is -3.43. The van der Waals surface area contributed by atoms with Gasteiger partial charge in [0.15, 0.2) is 6.10 Å². The monoisotopic (exact) mass is 452 g/mol. The van der Waals surface area contributed by atoms with E-state index in [-0.39, 0.29) is 16.1 Å². The van der Waals surface area contributed by atoms with Crippen molar-refractivity contribution >= 4 is 45.0 Å². The molecule has 0 heterocycles. The number of amides is 1. The van der Waals surface area contributed by atoms with Gasteiger partial charge < -0.3 is 10.1 Å². The molecule has 0 aliphatic heterocycles. The van der Waals surface area contributed by atoms with Crippen LogP contribution in [0.5, 0.6) is 0 Å². The fourth-order valence-corrected chi connectivity index (χ4v) is 3.25. The van der Waals surface area contributed by atoms with Crippen LogP contribution in [0.4, 0.5) is 5.69 Å². The van der Waals surface area contributed by atoms with Crippen LogP contribution >= 0.6 is 11.6 Å². The number of nitrogens with one attached hydrogen (secondary N) is 2. The summed E-state index contributed by atoms with van der Waals surface area (Å²) < 4.78 is 29.9. The van der Waals surface area contributed by atoms with Crippen LogP contribution in [-0.2, 0) is 19.6 Å². The zero-order valence-corrected chi connectivity index (χ0v) is 18.1. The van der Waals surface area contributed by atoms with Crippen molar-refractivity contribution < 1.29 is 27.5 Å². The highest BCUT2D eigenvalue weighted by Crippen LogP contribution is 2.16. The van der Waals surface area contributed by atoms with E-state index >= 15 is 0 Å². The van der Waals surface area contributed by atoms with Crippen LogP contribution in [0, 0.1) is 0 Å². The Morgan fingerprint density at radius 2 is 1.60 bits per heavy atom. The molecule has 0 aliphatic carbocycles. The van der Waals surface area contributed by atoms with Gasteiger partial charge in [-0.1, -0.05) is 23.7 Å². The third kappa shape index (κ3) is 6.57. The van der Waals surface area contributed by atoms with Gasteiger partial charge in [-0.2, -0.15) is 0 Å². The maximum Gasteiger partial charge on any atom is 0.329 e. The summed E-state index contributed by atoms with van der Waals surface area (Å²) in [5.41, 5.74) is 0.752. The molecule has 1 unspecified atom stereocenters. The summed E-state index contributed by atoms with van der Waals surface area (Å²) in [6, 6.07) is 11.1. The van der Waals surface area contributed by atoms with E-state index in [1.54, 1.807) is 18.2 Å². The minimum atomic E-state index is -3.43. The molecule has 2 atom stereocenters. The lowest BCUT2D eigenvalue weighted by Gasteiger charge is -2.17. The molecule has 0 spiro atoms. The number of rotatable bonds is 8. The molecule has 0 bridgehead atoms. The maximum absolute atomic E-state index is 12.5. The lowest BCUT2D eigenvalue weighted by molar-refractivity contribution is -0.148. The number of carbonyl (C=O) groups is 3. The zero-order chi connectivity index (χ0) is 22.5. The smallest absolute Gasteiger partial charge is 0.329 e. The van der Waals surface area contributed by atoms with Crippen molar-refractivity contribution in [1.29, 1.82) is 0 Å². The van der Waals surface area contributed by atoms with Crippen molar-refractivity contribution in [3.63, 3.8) is 0 Å².